The topological polar surface area (TPSA) is 41.3 Å². The third-order valence-electron chi connectivity index (χ3n) is 4.18. The Labute approximate surface area is 141 Å². The summed E-state index contributed by atoms with van der Waals surface area (Å²) in [7, 11) is 4.21. The van der Waals surface area contributed by atoms with E-state index in [1.54, 1.807) is 11.3 Å². The molecule has 120 valence electrons. The molecule has 3 nitrogen and oxygen atoms in total. The van der Waals surface area contributed by atoms with Crippen molar-refractivity contribution >= 4 is 22.1 Å². The Kier molecular flexibility index (Phi) is 5.08. The molecule has 23 heavy (non-hydrogen) atoms. The van der Waals surface area contributed by atoms with Crippen LogP contribution in [0.2, 0.25) is 0 Å². The van der Waals surface area contributed by atoms with Crippen molar-refractivity contribution in [2.45, 2.75) is 12.2 Å². The van der Waals surface area contributed by atoms with Crippen LogP contribution in [-0.2, 0) is 0 Å². The SMILES string of the molecule is CN(C)C(CNC(N)c1cccc2ccccc12)c1cccs1. The molecule has 3 rings (SSSR count). The maximum absolute atomic E-state index is 6.44. The first-order chi connectivity index (χ1) is 11.2. The number of thiophene rings is 1. The van der Waals surface area contributed by atoms with Crippen LogP contribution in [-0.4, -0.2) is 25.5 Å². The van der Waals surface area contributed by atoms with Gasteiger partial charge in [0, 0.05) is 11.4 Å². The second-order valence-corrected chi connectivity index (χ2v) is 6.93. The Hall–Kier alpha value is -1.72. The number of rotatable bonds is 6. The van der Waals surface area contributed by atoms with Crippen LogP contribution in [0.3, 0.4) is 0 Å². The number of benzene rings is 2. The predicted octanol–water partition coefficient (Wildman–Crippen LogP) is 3.75. The summed E-state index contributed by atoms with van der Waals surface area (Å²) in [6.45, 7) is 0.817. The van der Waals surface area contributed by atoms with Gasteiger partial charge in [-0.3, -0.25) is 5.32 Å². The van der Waals surface area contributed by atoms with Gasteiger partial charge < -0.3 is 10.6 Å². The quantitative estimate of drug-likeness (QED) is 0.678. The summed E-state index contributed by atoms with van der Waals surface area (Å²) in [5.74, 6) is 0. The lowest BCUT2D eigenvalue weighted by atomic mass is 10.0. The van der Waals surface area contributed by atoms with Crippen molar-refractivity contribution in [3.8, 4) is 0 Å². The molecule has 0 fully saturated rings. The summed E-state index contributed by atoms with van der Waals surface area (Å²) in [6.07, 6.45) is -0.177. The zero-order valence-corrected chi connectivity index (χ0v) is 14.4. The van der Waals surface area contributed by atoms with Crippen LogP contribution in [0, 0.1) is 0 Å². The van der Waals surface area contributed by atoms with E-state index < -0.39 is 0 Å². The molecule has 0 aliphatic carbocycles. The third-order valence-corrected chi connectivity index (χ3v) is 5.16. The van der Waals surface area contributed by atoms with Crippen molar-refractivity contribution < 1.29 is 0 Å². The molecule has 1 aromatic heterocycles. The number of likely N-dealkylation sites (N-methyl/N-ethyl adjacent to an activating group) is 1. The van der Waals surface area contributed by atoms with Gasteiger partial charge in [-0.1, -0.05) is 48.5 Å². The normalized spacial score (nSPS) is 14.3. The second kappa shape index (κ2) is 7.23. The van der Waals surface area contributed by atoms with Gasteiger partial charge in [0.05, 0.1) is 12.2 Å². The number of hydrogen-bond donors (Lipinski definition) is 2. The number of nitrogens with one attached hydrogen (secondary N) is 1. The van der Waals surface area contributed by atoms with Crippen LogP contribution in [0.1, 0.15) is 22.6 Å². The maximum atomic E-state index is 6.44. The van der Waals surface area contributed by atoms with Gasteiger partial charge >= 0.3 is 0 Å². The summed E-state index contributed by atoms with van der Waals surface area (Å²) >= 11 is 1.79. The van der Waals surface area contributed by atoms with Gasteiger partial charge in [0.1, 0.15) is 0 Å². The van der Waals surface area contributed by atoms with Crippen LogP contribution in [0.15, 0.2) is 60.0 Å². The first kappa shape index (κ1) is 16.1. The third kappa shape index (κ3) is 3.62. The Morgan fingerprint density at radius 1 is 1.04 bits per heavy atom. The smallest absolute Gasteiger partial charge is 0.0816 e. The molecule has 3 aromatic rings. The fraction of sp³-hybridized carbons (Fsp3) is 0.263. The molecule has 2 unspecified atom stereocenters. The van der Waals surface area contributed by atoms with E-state index in [4.69, 9.17) is 5.73 Å². The molecule has 0 saturated heterocycles. The molecule has 0 spiro atoms. The average molecular weight is 325 g/mol. The van der Waals surface area contributed by atoms with E-state index in [0.29, 0.717) is 6.04 Å². The molecular weight excluding hydrogens is 302 g/mol. The highest BCUT2D eigenvalue weighted by Gasteiger charge is 2.17. The highest BCUT2D eigenvalue weighted by Crippen LogP contribution is 2.25. The van der Waals surface area contributed by atoms with Crippen molar-refractivity contribution in [1.82, 2.24) is 10.2 Å². The van der Waals surface area contributed by atoms with Gasteiger partial charge in [-0.25, -0.2) is 0 Å². The first-order valence-electron chi connectivity index (χ1n) is 7.83. The van der Waals surface area contributed by atoms with Gasteiger partial charge in [0.15, 0.2) is 0 Å². The molecule has 2 atom stereocenters. The minimum absolute atomic E-state index is 0.177. The summed E-state index contributed by atoms with van der Waals surface area (Å²) < 4.78 is 0. The van der Waals surface area contributed by atoms with E-state index in [0.717, 1.165) is 12.1 Å². The first-order valence-corrected chi connectivity index (χ1v) is 8.71. The summed E-state index contributed by atoms with van der Waals surface area (Å²) in [6, 6.07) is 19.3. The van der Waals surface area contributed by atoms with E-state index in [1.165, 1.54) is 15.6 Å². The van der Waals surface area contributed by atoms with Crippen LogP contribution in [0.25, 0.3) is 10.8 Å². The molecule has 0 amide bonds. The van der Waals surface area contributed by atoms with Gasteiger partial charge in [-0.05, 0) is 41.9 Å². The van der Waals surface area contributed by atoms with Crippen molar-refractivity contribution in [3.05, 3.63) is 70.4 Å². The van der Waals surface area contributed by atoms with Gasteiger partial charge in [-0.2, -0.15) is 0 Å². The van der Waals surface area contributed by atoms with Crippen molar-refractivity contribution in [3.63, 3.8) is 0 Å². The number of nitrogens with two attached hydrogens (primary N) is 1. The monoisotopic (exact) mass is 325 g/mol. The lowest BCUT2D eigenvalue weighted by Crippen LogP contribution is -2.36. The van der Waals surface area contributed by atoms with E-state index in [1.807, 2.05) is 0 Å². The molecule has 0 saturated carbocycles. The summed E-state index contributed by atoms with van der Waals surface area (Å²) in [4.78, 5) is 3.59. The van der Waals surface area contributed by atoms with Gasteiger partial charge in [0.25, 0.3) is 0 Å². The van der Waals surface area contributed by atoms with Gasteiger partial charge in [-0.15, -0.1) is 11.3 Å². The molecule has 0 aliphatic heterocycles. The Balaban J connectivity index is 1.77. The van der Waals surface area contributed by atoms with E-state index >= 15 is 0 Å². The average Bonchev–Trinajstić information content (AvgIpc) is 3.08. The zero-order valence-electron chi connectivity index (χ0n) is 13.6. The Morgan fingerprint density at radius 2 is 1.83 bits per heavy atom. The number of fused-ring (bicyclic) bond motifs is 1. The van der Waals surface area contributed by atoms with Crippen LogP contribution in [0.4, 0.5) is 0 Å². The fourth-order valence-electron chi connectivity index (χ4n) is 2.89. The number of nitrogens with zero attached hydrogens (tertiary/aromatic N) is 1. The molecule has 3 N–H and O–H groups in total. The van der Waals surface area contributed by atoms with Crippen molar-refractivity contribution in [2.75, 3.05) is 20.6 Å². The Morgan fingerprint density at radius 3 is 2.57 bits per heavy atom. The minimum Gasteiger partial charge on any atom is -0.312 e. The molecule has 0 radical (unpaired) electrons. The van der Waals surface area contributed by atoms with E-state index in [-0.39, 0.29) is 6.17 Å². The van der Waals surface area contributed by atoms with E-state index in [2.05, 4.69) is 84.3 Å². The molecule has 1 heterocycles. The highest BCUT2D eigenvalue weighted by atomic mass is 32.1. The minimum atomic E-state index is -0.177. The molecule has 0 aliphatic rings. The predicted molar refractivity (Wildman–Crippen MR) is 99.6 cm³/mol. The Bertz CT molecular complexity index is 747. The largest absolute Gasteiger partial charge is 0.312 e. The highest BCUT2D eigenvalue weighted by molar-refractivity contribution is 7.10. The van der Waals surface area contributed by atoms with Crippen molar-refractivity contribution in [1.29, 1.82) is 0 Å². The van der Waals surface area contributed by atoms with E-state index in [9.17, 15) is 0 Å². The van der Waals surface area contributed by atoms with Crippen molar-refractivity contribution in [2.24, 2.45) is 5.73 Å². The molecular formula is C19H23N3S. The zero-order chi connectivity index (χ0) is 16.2. The van der Waals surface area contributed by atoms with Gasteiger partial charge in [0.2, 0.25) is 0 Å². The van der Waals surface area contributed by atoms with Crippen LogP contribution < -0.4 is 11.1 Å². The molecule has 2 aromatic carbocycles. The lowest BCUT2D eigenvalue weighted by molar-refractivity contribution is 0.284. The summed E-state index contributed by atoms with van der Waals surface area (Å²) in [5.41, 5.74) is 7.58. The maximum Gasteiger partial charge on any atom is 0.0816 e. The molecule has 4 heteroatoms. The number of hydrogen-bond acceptors (Lipinski definition) is 4. The van der Waals surface area contributed by atoms with Crippen LogP contribution in [0.5, 0.6) is 0 Å². The van der Waals surface area contributed by atoms with Crippen LogP contribution >= 0.6 is 11.3 Å². The fourth-order valence-corrected chi connectivity index (χ4v) is 3.81. The lowest BCUT2D eigenvalue weighted by Gasteiger charge is -2.26. The molecule has 0 bridgehead atoms. The standard InChI is InChI=1S/C19H23N3S/c1-22(2)17(18-11-6-12-23-18)13-21-19(20)16-10-5-8-14-7-3-4-9-15(14)16/h3-12,17,19,21H,13,20H2,1-2H3. The summed E-state index contributed by atoms with van der Waals surface area (Å²) in [5, 5.41) is 8.07. The second-order valence-electron chi connectivity index (χ2n) is 5.95.